The fourth-order valence-corrected chi connectivity index (χ4v) is 2.54. The Kier molecular flexibility index (Phi) is 4.73. The van der Waals surface area contributed by atoms with Crippen molar-refractivity contribution in [1.82, 2.24) is 10.2 Å². The fourth-order valence-electron chi connectivity index (χ4n) is 1.31. The van der Waals surface area contributed by atoms with Gasteiger partial charge < -0.3 is 10.6 Å². The Bertz CT molecular complexity index is 604. The Morgan fingerprint density at radius 1 is 1.47 bits per heavy atom. The van der Waals surface area contributed by atoms with Crippen molar-refractivity contribution in [3.05, 3.63) is 32.7 Å². The molecule has 0 bridgehead atoms. The molecule has 2 rings (SSSR count). The first-order valence-electron chi connectivity index (χ1n) is 5.44. The predicted octanol–water partition coefficient (Wildman–Crippen LogP) is 3.64. The molecule has 0 spiro atoms. The van der Waals surface area contributed by atoms with Crippen LogP contribution in [0.2, 0.25) is 5.02 Å². The molecule has 0 fully saturated rings. The normalized spacial score (nSPS) is 10.3. The average molecular weight is 362 g/mol. The molecule has 19 heavy (non-hydrogen) atoms. The van der Waals surface area contributed by atoms with Crippen molar-refractivity contribution in [2.75, 3.05) is 17.2 Å². The Morgan fingerprint density at radius 3 is 3.00 bits per heavy atom. The van der Waals surface area contributed by atoms with Gasteiger partial charge in [-0.15, -0.1) is 10.2 Å². The molecule has 1 aromatic heterocycles. The molecule has 2 aromatic rings. The molecule has 1 heterocycles. The summed E-state index contributed by atoms with van der Waals surface area (Å²) in [4.78, 5) is 12.0. The van der Waals surface area contributed by atoms with E-state index in [9.17, 15) is 4.79 Å². The van der Waals surface area contributed by atoms with Gasteiger partial charge in [0.05, 0.1) is 10.7 Å². The summed E-state index contributed by atoms with van der Waals surface area (Å²) in [6.07, 6.45) is 0. The molecule has 2 N–H and O–H groups in total. The van der Waals surface area contributed by atoms with Crippen molar-refractivity contribution < 1.29 is 4.79 Å². The summed E-state index contributed by atoms with van der Waals surface area (Å²) in [5, 5.41) is 14.8. The van der Waals surface area contributed by atoms with Gasteiger partial charge in [-0.1, -0.05) is 38.9 Å². The van der Waals surface area contributed by atoms with Crippen LogP contribution in [0.1, 0.15) is 16.7 Å². The summed E-state index contributed by atoms with van der Waals surface area (Å²) in [6, 6.07) is 5.23. The molecule has 1 aromatic carbocycles. The van der Waals surface area contributed by atoms with E-state index in [-0.39, 0.29) is 10.9 Å². The molecule has 5 nitrogen and oxygen atoms in total. The van der Waals surface area contributed by atoms with Gasteiger partial charge in [0.15, 0.2) is 0 Å². The number of nitrogens with zero attached hydrogens (tertiary/aromatic N) is 2. The standard InChI is InChI=1S/C11H10BrClN4OS/c1-2-14-11-17-16-10(19-11)9(18)15-8-5-6(12)3-4-7(8)13/h3-5H,2H2,1H3,(H,14,17)(H,15,18). The van der Waals surface area contributed by atoms with Gasteiger partial charge in [0, 0.05) is 11.0 Å². The maximum absolute atomic E-state index is 12.0. The maximum Gasteiger partial charge on any atom is 0.286 e. The third-order valence-corrected chi connectivity index (χ3v) is 3.83. The monoisotopic (exact) mass is 360 g/mol. The van der Waals surface area contributed by atoms with Crippen LogP contribution in [0.4, 0.5) is 10.8 Å². The highest BCUT2D eigenvalue weighted by atomic mass is 79.9. The molecule has 0 atom stereocenters. The van der Waals surface area contributed by atoms with E-state index in [0.29, 0.717) is 15.8 Å². The van der Waals surface area contributed by atoms with Crippen LogP contribution in [0.25, 0.3) is 0 Å². The van der Waals surface area contributed by atoms with Gasteiger partial charge >= 0.3 is 0 Å². The van der Waals surface area contributed by atoms with Crippen molar-refractivity contribution in [3.63, 3.8) is 0 Å². The average Bonchev–Trinajstić information content (AvgIpc) is 2.83. The summed E-state index contributed by atoms with van der Waals surface area (Å²) in [5.41, 5.74) is 0.529. The van der Waals surface area contributed by atoms with E-state index in [4.69, 9.17) is 11.6 Å². The van der Waals surface area contributed by atoms with Crippen LogP contribution < -0.4 is 10.6 Å². The van der Waals surface area contributed by atoms with Gasteiger partial charge in [0.2, 0.25) is 10.1 Å². The maximum atomic E-state index is 12.0. The van der Waals surface area contributed by atoms with E-state index >= 15 is 0 Å². The minimum absolute atomic E-state index is 0.284. The number of nitrogens with one attached hydrogen (secondary N) is 2. The zero-order valence-corrected chi connectivity index (χ0v) is 13.1. The molecule has 0 saturated heterocycles. The van der Waals surface area contributed by atoms with Crippen LogP contribution in [-0.2, 0) is 0 Å². The fraction of sp³-hybridized carbons (Fsp3) is 0.182. The second-order valence-electron chi connectivity index (χ2n) is 3.52. The highest BCUT2D eigenvalue weighted by molar-refractivity contribution is 9.10. The molecule has 0 aliphatic heterocycles. The van der Waals surface area contributed by atoms with Gasteiger partial charge in [-0.2, -0.15) is 0 Å². The van der Waals surface area contributed by atoms with Crippen molar-refractivity contribution in [2.24, 2.45) is 0 Å². The second kappa shape index (κ2) is 6.31. The number of amides is 1. The van der Waals surface area contributed by atoms with Gasteiger partial charge in [-0.05, 0) is 25.1 Å². The van der Waals surface area contributed by atoms with Gasteiger partial charge in [0.25, 0.3) is 5.91 Å². The number of hydrogen-bond acceptors (Lipinski definition) is 5. The van der Waals surface area contributed by atoms with Crippen molar-refractivity contribution in [2.45, 2.75) is 6.92 Å². The Balaban J connectivity index is 2.13. The van der Waals surface area contributed by atoms with Crippen LogP contribution in [0.15, 0.2) is 22.7 Å². The van der Waals surface area contributed by atoms with Crippen molar-refractivity contribution in [3.8, 4) is 0 Å². The number of aromatic nitrogens is 2. The molecule has 8 heteroatoms. The molecular weight excluding hydrogens is 352 g/mol. The Morgan fingerprint density at radius 2 is 2.26 bits per heavy atom. The third kappa shape index (κ3) is 3.65. The summed E-state index contributed by atoms with van der Waals surface area (Å²) in [6.45, 7) is 2.68. The number of benzene rings is 1. The first-order valence-corrected chi connectivity index (χ1v) is 7.42. The topological polar surface area (TPSA) is 66.9 Å². The lowest BCUT2D eigenvalue weighted by atomic mass is 10.3. The van der Waals surface area contributed by atoms with Crippen LogP contribution in [0.5, 0.6) is 0 Å². The molecule has 0 saturated carbocycles. The number of halogens is 2. The van der Waals surface area contributed by atoms with E-state index in [2.05, 4.69) is 36.8 Å². The lowest BCUT2D eigenvalue weighted by Crippen LogP contribution is -2.11. The smallest absolute Gasteiger partial charge is 0.286 e. The largest absolute Gasteiger partial charge is 0.360 e. The lowest BCUT2D eigenvalue weighted by Gasteiger charge is -2.05. The van der Waals surface area contributed by atoms with E-state index in [1.54, 1.807) is 18.2 Å². The minimum Gasteiger partial charge on any atom is -0.360 e. The first-order chi connectivity index (χ1) is 9.10. The third-order valence-electron chi connectivity index (χ3n) is 2.12. The van der Waals surface area contributed by atoms with Crippen molar-refractivity contribution in [1.29, 1.82) is 0 Å². The second-order valence-corrected chi connectivity index (χ2v) is 5.82. The number of carbonyl (C=O) groups excluding carboxylic acids is 1. The van der Waals surface area contributed by atoms with Gasteiger partial charge in [-0.3, -0.25) is 4.79 Å². The predicted molar refractivity (Wildman–Crippen MR) is 81.2 cm³/mol. The summed E-state index contributed by atoms with van der Waals surface area (Å²) >= 11 is 10.5. The van der Waals surface area contributed by atoms with Crippen LogP contribution >= 0.6 is 38.9 Å². The Hall–Kier alpha value is -1.18. The SMILES string of the molecule is CCNc1nnc(C(=O)Nc2cc(Br)ccc2Cl)s1. The molecule has 0 radical (unpaired) electrons. The zero-order chi connectivity index (χ0) is 13.8. The van der Waals surface area contributed by atoms with E-state index in [1.807, 2.05) is 6.92 Å². The molecular formula is C11H10BrClN4OS. The minimum atomic E-state index is -0.332. The summed E-state index contributed by atoms with van der Waals surface area (Å²) in [7, 11) is 0. The van der Waals surface area contributed by atoms with E-state index in [1.165, 1.54) is 11.3 Å². The molecule has 0 aliphatic rings. The van der Waals surface area contributed by atoms with Gasteiger partial charge in [-0.25, -0.2) is 0 Å². The number of rotatable bonds is 4. The van der Waals surface area contributed by atoms with Crippen LogP contribution in [0, 0.1) is 0 Å². The first kappa shape index (κ1) is 14.2. The number of carbonyl (C=O) groups is 1. The van der Waals surface area contributed by atoms with E-state index in [0.717, 1.165) is 11.0 Å². The summed E-state index contributed by atoms with van der Waals surface area (Å²) < 4.78 is 0.831. The molecule has 0 aliphatic carbocycles. The molecule has 0 unspecified atom stereocenters. The van der Waals surface area contributed by atoms with E-state index < -0.39 is 0 Å². The van der Waals surface area contributed by atoms with Crippen LogP contribution in [-0.4, -0.2) is 22.6 Å². The molecule has 100 valence electrons. The lowest BCUT2D eigenvalue weighted by molar-refractivity contribution is 0.102. The number of anilines is 2. The van der Waals surface area contributed by atoms with Crippen LogP contribution in [0.3, 0.4) is 0 Å². The molecule has 1 amide bonds. The summed E-state index contributed by atoms with van der Waals surface area (Å²) in [5.74, 6) is -0.332. The highest BCUT2D eigenvalue weighted by Gasteiger charge is 2.14. The zero-order valence-electron chi connectivity index (χ0n) is 9.91. The van der Waals surface area contributed by atoms with Gasteiger partial charge in [0.1, 0.15) is 0 Å². The van der Waals surface area contributed by atoms with Crippen molar-refractivity contribution >= 4 is 55.6 Å². The number of hydrogen-bond donors (Lipinski definition) is 2. The quantitative estimate of drug-likeness (QED) is 0.872. The Labute approximate surface area is 127 Å². The highest BCUT2D eigenvalue weighted by Crippen LogP contribution is 2.26.